The zero-order chi connectivity index (χ0) is 16.6. The van der Waals surface area contributed by atoms with Crippen molar-refractivity contribution < 1.29 is 13.3 Å². The molecule has 0 amide bonds. The number of benzene rings is 2. The number of rotatable bonds is 4. The van der Waals surface area contributed by atoms with E-state index in [0.29, 0.717) is 11.0 Å². The van der Waals surface area contributed by atoms with Gasteiger partial charge < -0.3 is 4.57 Å². The minimum absolute atomic E-state index is 0.00687. The number of para-hydroxylation sites is 2. The van der Waals surface area contributed by atoms with E-state index >= 15 is 0 Å². The number of sulfone groups is 1. The van der Waals surface area contributed by atoms with Crippen molar-refractivity contribution in [2.75, 3.05) is 6.26 Å². The lowest BCUT2D eigenvalue weighted by Gasteiger charge is -2.08. The summed E-state index contributed by atoms with van der Waals surface area (Å²) < 4.78 is 25.6. The standard InChI is InChI=1S/C15H13N3O4S/c1-23(21,22)15-16-13-4-2-3-5-14(13)17(15)10-11-6-8-12(9-7-11)18(19)20/h2-9H,10H2,1H3. The van der Waals surface area contributed by atoms with E-state index in [2.05, 4.69) is 4.98 Å². The highest BCUT2D eigenvalue weighted by atomic mass is 32.2. The topological polar surface area (TPSA) is 95.1 Å². The summed E-state index contributed by atoms with van der Waals surface area (Å²) in [6.07, 6.45) is 1.11. The minimum atomic E-state index is -3.49. The molecule has 0 fully saturated rings. The van der Waals surface area contributed by atoms with Crippen LogP contribution in [0.3, 0.4) is 0 Å². The summed E-state index contributed by atoms with van der Waals surface area (Å²) in [6.45, 7) is 0.265. The van der Waals surface area contributed by atoms with E-state index in [-0.39, 0.29) is 17.4 Å². The summed E-state index contributed by atoms with van der Waals surface area (Å²) in [6, 6.07) is 13.2. The average Bonchev–Trinajstić information content (AvgIpc) is 2.87. The van der Waals surface area contributed by atoms with E-state index in [1.165, 1.54) is 12.1 Å². The second kappa shape index (κ2) is 5.47. The van der Waals surface area contributed by atoms with Gasteiger partial charge in [-0.05, 0) is 17.7 Å². The van der Waals surface area contributed by atoms with Gasteiger partial charge in [0, 0.05) is 18.4 Å². The third-order valence-corrected chi connectivity index (χ3v) is 4.41. The van der Waals surface area contributed by atoms with Gasteiger partial charge >= 0.3 is 0 Å². The zero-order valence-electron chi connectivity index (χ0n) is 12.2. The monoisotopic (exact) mass is 331 g/mol. The molecule has 0 unspecified atom stereocenters. The van der Waals surface area contributed by atoms with Crippen LogP contribution in [0.5, 0.6) is 0 Å². The first-order valence-corrected chi connectivity index (χ1v) is 8.64. The number of aromatic nitrogens is 2. The Morgan fingerprint density at radius 1 is 1.13 bits per heavy atom. The molecule has 0 aliphatic carbocycles. The van der Waals surface area contributed by atoms with Crippen molar-refractivity contribution >= 4 is 26.6 Å². The average molecular weight is 331 g/mol. The highest BCUT2D eigenvalue weighted by Gasteiger charge is 2.19. The van der Waals surface area contributed by atoms with Crippen molar-refractivity contribution in [1.29, 1.82) is 0 Å². The molecule has 2 aromatic carbocycles. The van der Waals surface area contributed by atoms with Gasteiger partial charge in [-0.25, -0.2) is 13.4 Å². The number of nitrogens with zero attached hydrogens (tertiary/aromatic N) is 3. The summed E-state index contributed by atoms with van der Waals surface area (Å²) >= 11 is 0. The van der Waals surface area contributed by atoms with Gasteiger partial charge in [-0.2, -0.15) is 0 Å². The van der Waals surface area contributed by atoms with Gasteiger partial charge in [0.05, 0.1) is 22.5 Å². The highest BCUT2D eigenvalue weighted by Crippen LogP contribution is 2.22. The molecule has 3 aromatic rings. The van der Waals surface area contributed by atoms with Crippen molar-refractivity contribution in [3.8, 4) is 0 Å². The quantitative estimate of drug-likeness (QED) is 0.540. The number of nitro benzene ring substituents is 1. The van der Waals surface area contributed by atoms with E-state index < -0.39 is 14.8 Å². The number of hydrogen-bond acceptors (Lipinski definition) is 5. The van der Waals surface area contributed by atoms with Crippen LogP contribution in [-0.4, -0.2) is 29.1 Å². The molecular weight excluding hydrogens is 318 g/mol. The van der Waals surface area contributed by atoms with Crippen LogP contribution < -0.4 is 0 Å². The second-order valence-electron chi connectivity index (χ2n) is 5.16. The molecule has 0 atom stereocenters. The molecule has 0 N–H and O–H groups in total. The summed E-state index contributed by atoms with van der Waals surface area (Å²) in [7, 11) is -3.49. The van der Waals surface area contributed by atoms with Crippen LogP contribution in [0, 0.1) is 10.1 Å². The predicted octanol–water partition coefficient (Wildman–Crippen LogP) is 2.40. The van der Waals surface area contributed by atoms with E-state index in [4.69, 9.17) is 0 Å². The minimum Gasteiger partial charge on any atom is -0.310 e. The molecule has 7 nitrogen and oxygen atoms in total. The normalized spacial score (nSPS) is 11.7. The first-order chi connectivity index (χ1) is 10.9. The molecule has 23 heavy (non-hydrogen) atoms. The number of non-ortho nitro benzene ring substituents is 1. The van der Waals surface area contributed by atoms with Gasteiger partial charge in [-0.15, -0.1) is 0 Å². The molecule has 0 radical (unpaired) electrons. The smallest absolute Gasteiger partial charge is 0.269 e. The van der Waals surface area contributed by atoms with E-state index in [9.17, 15) is 18.5 Å². The zero-order valence-corrected chi connectivity index (χ0v) is 13.0. The highest BCUT2D eigenvalue weighted by molar-refractivity contribution is 7.90. The molecule has 0 aliphatic heterocycles. The van der Waals surface area contributed by atoms with Gasteiger partial charge in [0.15, 0.2) is 0 Å². The molecule has 118 valence electrons. The maximum atomic E-state index is 12.0. The van der Waals surface area contributed by atoms with E-state index in [0.717, 1.165) is 11.8 Å². The van der Waals surface area contributed by atoms with Crippen LogP contribution in [0.25, 0.3) is 11.0 Å². The molecule has 0 bridgehead atoms. The summed E-state index contributed by atoms with van der Waals surface area (Å²) in [5.74, 6) is 0. The molecular formula is C15H13N3O4S. The molecule has 0 aliphatic rings. The van der Waals surface area contributed by atoms with Gasteiger partial charge in [0.1, 0.15) is 0 Å². The first kappa shape index (κ1) is 15.2. The Morgan fingerprint density at radius 3 is 2.39 bits per heavy atom. The molecule has 0 spiro atoms. The SMILES string of the molecule is CS(=O)(=O)c1nc2ccccc2n1Cc1ccc([N+](=O)[O-])cc1. The number of nitro groups is 1. The largest absolute Gasteiger partial charge is 0.310 e. The molecule has 8 heteroatoms. The van der Waals surface area contributed by atoms with Crippen molar-refractivity contribution in [1.82, 2.24) is 9.55 Å². The van der Waals surface area contributed by atoms with Crippen LogP contribution in [0.2, 0.25) is 0 Å². The summed E-state index contributed by atoms with van der Waals surface area (Å²) in [5, 5.41) is 10.7. The summed E-state index contributed by atoms with van der Waals surface area (Å²) in [4.78, 5) is 14.4. The maximum Gasteiger partial charge on any atom is 0.269 e. The van der Waals surface area contributed by atoms with Crippen LogP contribution in [0.15, 0.2) is 53.7 Å². The second-order valence-corrected chi connectivity index (χ2v) is 7.07. The first-order valence-electron chi connectivity index (χ1n) is 6.75. The van der Waals surface area contributed by atoms with Gasteiger partial charge in [-0.1, -0.05) is 24.3 Å². The van der Waals surface area contributed by atoms with Gasteiger partial charge in [0.2, 0.25) is 15.0 Å². The van der Waals surface area contributed by atoms with Crippen LogP contribution in [-0.2, 0) is 16.4 Å². The number of fused-ring (bicyclic) bond motifs is 1. The van der Waals surface area contributed by atoms with E-state index in [1.807, 2.05) is 6.07 Å². The Morgan fingerprint density at radius 2 is 1.78 bits per heavy atom. The van der Waals surface area contributed by atoms with E-state index in [1.54, 1.807) is 34.9 Å². The van der Waals surface area contributed by atoms with Crippen LogP contribution in [0.4, 0.5) is 5.69 Å². The third kappa shape index (κ3) is 2.93. The van der Waals surface area contributed by atoms with Gasteiger partial charge in [0.25, 0.3) is 5.69 Å². The van der Waals surface area contributed by atoms with Crippen LogP contribution in [0.1, 0.15) is 5.56 Å². The fraction of sp³-hybridized carbons (Fsp3) is 0.133. The molecule has 1 aromatic heterocycles. The predicted molar refractivity (Wildman–Crippen MR) is 85.0 cm³/mol. The van der Waals surface area contributed by atoms with Crippen molar-refractivity contribution in [3.05, 3.63) is 64.2 Å². The lowest BCUT2D eigenvalue weighted by molar-refractivity contribution is -0.384. The Labute approximate surface area is 132 Å². The number of hydrogen-bond donors (Lipinski definition) is 0. The Balaban J connectivity index is 2.10. The maximum absolute atomic E-state index is 12.0. The molecule has 1 heterocycles. The van der Waals surface area contributed by atoms with Crippen LogP contribution >= 0.6 is 0 Å². The Hall–Kier alpha value is -2.74. The molecule has 0 saturated heterocycles. The molecule has 0 saturated carbocycles. The summed E-state index contributed by atoms with van der Waals surface area (Å²) in [5.41, 5.74) is 2.04. The Kier molecular flexibility index (Phi) is 3.61. The van der Waals surface area contributed by atoms with Crippen molar-refractivity contribution in [2.24, 2.45) is 0 Å². The van der Waals surface area contributed by atoms with Crippen molar-refractivity contribution in [2.45, 2.75) is 11.7 Å². The van der Waals surface area contributed by atoms with Crippen molar-refractivity contribution in [3.63, 3.8) is 0 Å². The lowest BCUT2D eigenvalue weighted by atomic mass is 10.2. The number of imidazole rings is 1. The fourth-order valence-corrected chi connectivity index (χ4v) is 3.22. The fourth-order valence-electron chi connectivity index (χ4n) is 2.39. The Bertz CT molecular complexity index is 991. The lowest BCUT2D eigenvalue weighted by Crippen LogP contribution is -2.10. The molecule has 3 rings (SSSR count). The van der Waals surface area contributed by atoms with Gasteiger partial charge in [-0.3, -0.25) is 10.1 Å². The third-order valence-electron chi connectivity index (χ3n) is 3.44.